The first-order valence-electron chi connectivity index (χ1n) is 5.25. The number of nitrogens with zero attached hydrogens (tertiary/aromatic N) is 6. The molecule has 0 radical (unpaired) electrons. The molecule has 9 heteroatoms. The van der Waals surface area contributed by atoms with E-state index in [1.165, 1.54) is 35.1 Å². The summed E-state index contributed by atoms with van der Waals surface area (Å²) in [5.41, 5.74) is 1.07. The van der Waals surface area contributed by atoms with Gasteiger partial charge in [-0.05, 0) is 4.92 Å². The lowest BCUT2D eigenvalue weighted by atomic mass is 10.4. The molecule has 0 saturated carbocycles. The normalized spacial score (nSPS) is 10.2. The molecule has 0 aliphatic rings. The van der Waals surface area contributed by atoms with E-state index in [1.54, 1.807) is 13.2 Å². The Morgan fingerprint density at radius 2 is 2.00 bits per heavy atom. The number of rotatable bonds is 3. The lowest BCUT2D eigenvalue weighted by molar-refractivity contribution is -0.394. The minimum atomic E-state index is -0.679. The second-order valence-corrected chi connectivity index (χ2v) is 3.72. The molecule has 2 aromatic rings. The molecule has 2 aromatic heterocycles. The van der Waals surface area contributed by atoms with Gasteiger partial charge in [0.1, 0.15) is 18.1 Å². The highest BCUT2D eigenvalue weighted by Crippen LogP contribution is 2.14. The molecule has 0 N–H and O–H groups in total. The van der Waals surface area contributed by atoms with Crippen molar-refractivity contribution in [2.24, 2.45) is 0 Å². The molecule has 0 aromatic carbocycles. The van der Waals surface area contributed by atoms with Crippen LogP contribution < -0.4 is 4.90 Å². The molecule has 19 heavy (non-hydrogen) atoms. The number of carbonyl (C=O) groups is 1. The van der Waals surface area contributed by atoms with Crippen molar-refractivity contribution in [2.45, 2.75) is 6.92 Å². The summed E-state index contributed by atoms with van der Waals surface area (Å²) in [6, 6.07) is 0. The van der Waals surface area contributed by atoms with E-state index in [1.807, 2.05) is 0 Å². The van der Waals surface area contributed by atoms with Crippen LogP contribution in [0.2, 0.25) is 0 Å². The van der Waals surface area contributed by atoms with Crippen LogP contribution in [0.5, 0.6) is 0 Å². The van der Waals surface area contributed by atoms with Crippen LogP contribution in [0.25, 0.3) is 5.69 Å². The van der Waals surface area contributed by atoms with Crippen molar-refractivity contribution >= 4 is 17.5 Å². The Labute approximate surface area is 107 Å². The maximum Gasteiger partial charge on any atom is 0.468 e. The summed E-state index contributed by atoms with van der Waals surface area (Å²) < 4.78 is 1.43. The predicted molar refractivity (Wildman–Crippen MR) is 64.9 cm³/mol. The molecule has 0 spiro atoms. The van der Waals surface area contributed by atoms with Gasteiger partial charge in [-0.2, -0.15) is 5.10 Å². The van der Waals surface area contributed by atoms with Crippen LogP contribution in [0.1, 0.15) is 6.92 Å². The molecular formula is C10H10N6O3. The molecule has 0 unspecified atom stereocenters. The van der Waals surface area contributed by atoms with Gasteiger partial charge in [0.25, 0.3) is 0 Å². The van der Waals surface area contributed by atoms with Crippen LogP contribution in [-0.4, -0.2) is 37.6 Å². The molecule has 0 saturated heterocycles. The largest absolute Gasteiger partial charge is 0.468 e. The summed E-state index contributed by atoms with van der Waals surface area (Å²) in [4.78, 5) is 29.6. The number of nitro groups is 1. The number of carbonyl (C=O) groups excluding carboxylic acids is 1. The average Bonchev–Trinajstić information content (AvgIpc) is 2.87. The Kier molecular flexibility index (Phi) is 3.19. The maximum atomic E-state index is 11.2. The van der Waals surface area contributed by atoms with Crippen molar-refractivity contribution in [3.8, 4) is 5.69 Å². The third-order valence-electron chi connectivity index (χ3n) is 2.48. The summed E-state index contributed by atoms with van der Waals surface area (Å²) in [5, 5.41) is 14.5. The molecule has 0 atom stereocenters. The van der Waals surface area contributed by atoms with Crippen LogP contribution in [0, 0.1) is 10.1 Å². The standard InChI is InChI=1S/C10H10N6O3/c1-7(17)14(2)9-5-13-15(6-9)8-3-11-10(12-4-8)16(18)19/h3-6H,1-2H3. The Balaban J connectivity index is 2.27. The minimum Gasteiger partial charge on any atom is -0.390 e. The molecule has 1 amide bonds. The van der Waals surface area contributed by atoms with Crippen molar-refractivity contribution in [3.63, 3.8) is 0 Å². The van der Waals surface area contributed by atoms with Crippen LogP contribution in [0.4, 0.5) is 11.6 Å². The highest BCUT2D eigenvalue weighted by atomic mass is 16.6. The van der Waals surface area contributed by atoms with E-state index >= 15 is 0 Å². The first kappa shape index (κ1) is 12.6. The molecule has 0 aliphatic heterocycles. The number of hydrogen-bond donors (Lipinski definition) is 0. The fourth-order valence-electron chi connectivity index (χ4n) is 1.34. The predicted octanol–water partition coefficient (Wildman–Crippen LogP) is 0.553. The Morgan fingerprint density at radius 1 is 1.37 bits per heavy atom. The zero-order valence-corrected chi connectivity index (χ0v) is 10.2. The van der Waals surface area contributed by atoms with Gasteiger partial charge in [-0.15, -0.1) is 0 Å². The van der Waals surface area contributed by atoms with E-state index in [0.717, 1.165) is 0 Å². The average molecular weight is 262 g/mol. The third-order valence-corrected chi connectivity index (χ3v) is 2.48. The highest BCUT2D eigenvalue weighted by Gasteiger charge is 2.12. The molecule has 2 heterocycles. The summed E-state index contributed by atoms with van der Waals surface area (Å²) in [6.45, 7) is 1.44. The van der Waals surface area contributed by atoms with Crippen molar-refractivity contribution in [1.29, 1.82) is 0 Å². The van der Waals surface area contributed by atoms with E-state index in [0.29, 0.717) is 11.4 Å². The van der Waals surface area contributed by atoms with Gasteiger partial charge in [0.05, 0.1) is 18.1 Å². The summed E-state index contributed by atoms with van der Waals surface area (Å²) in [6.07, 6.45) is 5.68. The number of aromatic nitrogens is 4. The summed E-state index contributed by atoms with van der Waals surface area (Å²) in [7, 11) is 1.62. The zero-order chi connectivity index (χ0) is 14.0. The fourth-order valence-corrected chi connectivity index (χ4v) is 1.34. The number of amides is 1. The quantitative estimate of drug-likeness (QED) is 0.590. The van der Waals surface area contributed by atoms with E-state index in [2.05, 4.69) is 15.1 Å². The van der Waals surface area contributed by atoms with Crippen LogP contribution in [0.3, 0.4) is 0 Å². The molecule has 98 valence electrons. The van der Waals surface area contributed by atoms with Gasteiger partial charge in [0.2, 0.25) is 5.91 Å². The zero-order valence-electron chi connectivity index (χ0n) is 10.2. The monoisotopic (exact) mass is 262 g/mol. The number of anilines is 1. The minimum absolute atomic E-state index is 0.125. The summed E-state index contributed by atoms with van der Waals surface area (Å²) in [5.74, 6) is -0.600. The molecular weight excluding hydrogens is 252 g/mol. The first-order valence-corrected chi connectivity index (χ1v) is 5.25. The third kappa shape index (κ3) is 2.54. The summed E-state index contributed by atoms with van der Waals surface area (Å²) >= 11 is 0. The SMILES string of the molecule is CC(=O)N(C)c1cnn(-c2cnc([N+](=O)[O-])nc2)c1. The van der Waals surface area contributed by atoms with Crippen LogP contribution >= 0.6 is 0 Å². The second-order valence-electron chi connectivity index (χ2n) is 3.72. The smallest absolute Gasteiger partial charge is 0.390 e. The van der Waals surface area contributed by atoms with Gasteiger partial charge in [0, 0.05) is 14.0 Å². The van der Waals surface area contributed by atoms with Gasteiger partial charge in [-0.1, -0.05) is 9.97 Å². The molecule has 9 nitrogen and oxygen atoms in total. The lowest BCUT2D eigenvalue weighted by Gasteiger charge is -2.10. The van der Waals surface area contributed by atoms with E-state index in [4.69, 9.17) is 0 Å². The van der Waals surface area contributed by atoms with Gasteiger partial charge in [0.15, 0.2) is 0 Å². The van der Waals surface area contributed by atoms with Crippen molar-refractivity contribution < 1.29 is 9.72 Å². The second kappa shape index (κ2) is 4.80. The molecule has 0 bridgehead atoms. The number of hydrogen-bond acceptors (Lipinski definition) is 6. The van der Waals surface area contributed by atoms with Gasteiger partial charge < -0.3 is 15.0 Å². The Bertz CT molecular complexity index is 620. The molecule has 0 fully saturated rings. The fraction of sp³-hybridized carbons (Fsp3) is 0.200. The van der Waals surface area contributed by atoms with E-state index in [-0.39, 0.29) is 5.91 Å². The lowest BCUT2D eigenvalue weighted by Crippen LogP contribution is -2.22. The van der Waals surface area contributed by atoms with E-state index in [9.17, 15) is 14.9 Å². The molecule has 2 rings (SSSR count). The van der Waals surface area contributed by atoms with E-state index < -0.39 is 10.9 Å². The van der Waals surface area contributed by atoms with Gasteiger partial charge in [-0.3, -0.25) is 4.79 Å². The van der Waals surface area contributed by atoms with Crippen LogP contribution in [-0.2, 0) is 4.79 Å². The maximum absolute atomic E-state index is 11.2. The van der Waals surface area contributed by atoms with Crippen molar-refractivity contribution in [3.05, 3.63) is 34.9 Å². The van der Waals surface area contributed by atoms with Crippen molar-refractivity contribution in [1.82, 2.24) is 19.7 Å². The first-order chi connectivity index (χ1) is 8.99. The molecule has 0 aliphatic carbocycles. The van der Waals surface area contributed by atoms with Gasteiger partial charge >= 0.3 is 5.95 Å². The Hall–Kier alpha value is -2.84. The topological polar surface area (TPSA) is 107 Å². The van der Waals surface area contributed by atoms with Crippen LogP contribution in [0.15, 0.2) is 24.8 Å². The Morgan fingerprint density at radius 3 is 2.53 bits per heavy atom. The van der Waals surface area contributed by atoms with Gasteiger partial charge in [-0.25, -0.2) is 4.68 Å². The highest BCUT2D eigenvalue weighted by molar-refractivity contribution is 5.90. The van der Waals surface area contributed by atoms with Crippen molar-refractivity contribution in [2.75, 3.05) is 11.9 Å².